The summed E-state index contributed by atoms with van der Waals surface area (Å²) in [6.07, 6.45) is 4.08. The lowest BCUT2D eigenvalue weighted by Gasteiger charge is -2.24. The van der Waals surface area contributed by atoms with Crippen molar-refractivity contribution in [3.8, 4) is 29.8 Å². The van der Waals surface area contributed by atoms with Crippen LogP contribution in [0.3, 0.4) is 0 Å². The Morgan fingerprint density at radius 1 is 1.26 bits per heavy atom. The van der Waals surface area contributed by atoms with E-state index in [-0.39, 0.29) is 6.42 Å². The molecule has 4 heteroatoms. The molecule has 0 aliphatic rings. The van der Waals surface area contributed by atoms with Gasteiger partial charge in [-0.3, -0.25) is 4.79 Å². The number of ether oxygens (including phenoxy) is 1. The Labute approximate surface area is 136 Å². The summed E-state index contributed by atoms with van der Waals surface area (Å²) in [4.78, 5) is 11.4. The van der Waals surface area contributed by atoms with E-state index in [0.29, 0.717) is 5.56 Å². The Morgan fingerprint density at radius 3 is 2.48 bits per heavy atom. The monoisotopic (exact) mass is 307 g/mol. The van der Waals surface area contributed by atoms with Crippen molar-refractivity contribution < 1.29 is 15.3 Å². The second-order valence-corrected chi connectivity index (χ2v) is 4.65. The standard InChI is InChI=1S/C19H18N2O2/c1-17(22)23-19(16-21,18-12-8-7-9-13-18)14-10-5-3-2-4-6-11-15-20/h2-3,7-9,12-13H,11,14-15,20H2,1H3/p+1/b3-2+. The minimum Gasteiger partial charge on any atom is -0.438 e. The zero-order valence-electron chi connectivity index (χ0n) is 13.1. The molecule has 0 bridgehead atoms. The molecular weight excluding hydrogens is 288 g/mol. The van der Waals surface area contributed by atoms with E-state index in [9.17, 15) is 10.1 Å². The van der Waals surface area contributed by atoms with E-state index in [1.54, 1.807) is 36.4 Å². The highest BCUT2D eigenvalue weighted by Crippen LogP contribution is 2.28. The molecule has 0 fully saturated rings. The van der Waals surface area contributed by atoms with Crippen molar-refractivity contribution in [2.45, 2.75) is 25.4 Å². The van der Waals surface area contributed by atoms with Crippen LogP contribution in [0.5, 0.6) is 0 Å². The first kappa shape index (κ1) is 18.1. The number of esters is 1. The largest absolute Gasteiger partial charge is 0.438 e. The molecule has 0 aromatic heterocycles. The number of benzene rings is 1. The molecule has 23 heavy (non-hydrogen) atoms. The molecule has 1 aromatic rings. The van der Waals surface area contributed by atoms with E-state index in [1.807, 2.05) is 6.07 Å². The van der Waals surface area contributed by atoms with Crippen molar-refractivity contribution in [3.63, 3.8) is 0 Å². The maximum Gasteiger partial charge on any atom is 0.304 e. The van der Waals surface area contributed by atoms with Crippen LogP contribution in [0.15, 0.2) is 42.5 Å². The first-order valence-corrected chi connectivity index (χ1v) is 7.22. The summed E-state index contributed by atoms with van der Waals surface area (Å²) >= 11 is 0. The Kier molecular flexibility index (Phi) is 7.73. The number of hydrogen-bond donors (Lipinski definition) is 1. The number of quaternary nitrogens is 1. The number of nitrogens with zero attached hydrogens (tertiary/aromatic N) is 1. The molecule has 4 nitrogen and oxygen atoms in total. The Morgan fingerprint density at radius 2 is 1.91 bits per heavy atom. The van der Waals surface area contributed by atoms with Crippen molar-refractivity contribution >= 4 is 5.97 Å². The maximum atomic E-state index is 11.4. The van der Waals surface area contributed by atoms with Gasteiger partial charge < -0.3 is 10.5 Å². The van der Waals surface area contributed by atoms with E-state index in [0.717, 1.165) is 13.0 Å². The van der Waals surface area contributed by atoms with Crippen molar-refractivity contribution in [2.24, 2.45) is 0 Å². The Hall–Kier alpha value is -3.00. The first-order chi connectivity index (χ1) is 11.1. The number of carbonyl (C=O) groups is 1. The van der Waals surface area contributed by atoms with E-state index < -0.39 is 11.6 Å². The van der Waals surface area contributed by atoms with Gasteiger partial charge in [0.05, 0.1) is 19.4 Å². The van der Waals surface area contributed by atoms with Gasteiger partial charge in [0.1, 0.15) is 6.07 Å². The van der Waals surface area contributed by atoms with Gasteiger partial charge in [-0.25, -0.2) is 0 Å². The topological polar surface area (TPSA) is 77.7 Å². The molecule has 1 atom stereocenters. The van der Waals surface area contributed by atoms with Gasteiger partial charge in [-0.15, -0.1) is 0 Å². The summed E-state index contributed by atoms with van der Waals surface area (Å²) in [6.45, 7) is 2.05. The smallest absolute Gasteiger partial charge is 0.304 e. The van der Waals surface area contributed by atoms with E-state index in [4.69, 9.17) is 4.74 Å². The normalized spacial score (nSPS) is 12.0. The summed E-state index contributed by atoms with van der Waals surface area (Å²) in [5, 5.41) is 9.54. The average Bonchev–Trinajstić information content (AvgIpc) is 2.56. The molecule has 0 radical (unpaired) electrons. The van der Waals surface area contributed by atoms with Gasteiger partial charge in [-0.1, -0.05) is 54.0 Å². The lowest BCUT2D eigenvalue weighted by molar-refractivity contribution is -0.365. The van der Waals surface area contributed by atoms with Crippen LogP contribution in [0.4, 0.5) is 0 Å². The lowest BCUT2D eigenvalue weighted by Crippen LogP contribution is -2.49. The highest BCUT2D eigenvalue weighted by atomic mass is 16.6. The predicted molar refractivity (Wildman–Crippen MR) is 87.2 cm³/mol. The second kappa shape index (κ2) is 9.85. The van der Waals surface area contributed by atoms with Crippen LogP contribution in [0.25, 0.3) is 0 Å². The van der Waals surface area contributed by atoms with Crippen molar-refractivity contribution in [3.05, 3.63) is 48.0 Å². The fourth-order valence-corrected chi connectivity index (χ4v) is 1.81. The molecule has 0 saturated carbocycles. The number of allylic oxidation sites excluding steroid dienone is 2. The van der Waals surface area contributed by atoms with E-state index in [2.05, 4.69) is 35.5 Å². The number of nitriles is 1. The van der Waals surface area contributed by atoms with Gasteiger partial charge in [0, 0.05) is 12.5 Å². The Balaban J connectivity index is 2.91. The van der Waals surface area contributed by atoms with Crippen LogP contribution >= 0.6 is 0 Å². The van der Waals surface area contributed by atoms with Crippen LogP contribution in [0.1, 0.15) is 25.3 Å². The third kappa shape index (κ3) is 6.10. The summed E-state index contributed by atoms with van der Waals surface area (Å²) in [6, 6.07) is 11.0. The summed E-state index contributed by atoms with van der Waals surface area (Å²) in [5.74, 6) is 10.9. The third-order valence-electron chi connectivity index (χ3n) is 2.83. The van der Waals surface area contributed by atoms with Gasteiger partial charge in [-0.2, -0.15) is 5.26 Å². The van der Waals surface area contributed by atoms with Crippen molar-refractivity contribution in [1.29, 1.82) is 5.26 Å². The van der Waals surface area contributed by atoms with Crippen LogP contribution in [-0.2, 0) is 15.1 Å². The molecule has 0 aliphatic heterocycles. The fourth-order valence-electron chi connectivity index (χ4n) is 1.81. The summed E-state index contributed by atoms with van der Waals surface area (Å²) in [7, 11) is 0. The van der Waals surface area contributed by atoms with Gasteiger partial charge >= 0.3 is 5.97 Å². The van der Waals surface area contributed by atoms with Crippen LogP contribution in [-0.4, -0.2) is 12.5 Å². The fraction of sp³-hybridized carbons (Fsp3) is 0.263. The van der Waals surface area contributed by atoms with E-state index in [1.165, 1.54) is 6.92 Å². The summed E-state index contributed by atoms with van der Waals surface area (Å²) < 4.78 is 5.27. The van der Waals surface area contributed by atoms with Crippen LogP contribution < -0.4 is 5.73 Å². The molecule has 0 amide bonds. The molecule has 3 N–H and O–H groups in total. The number of carbonyl (C=O) groups excluding carboxylic acids is 1. The molecule has 0 spiro atoms. The van der Waals surface area contributed by atoms with Crippen LogP contribution in [0, 0.1) is 35.0 Å². The Bertz CT molecular complexity index is 709. The molecule has 0 heterocycles. The average molecular weight is 307 g/mol. The predicted octanol–water partition coefficient (Wildman–Crippen LogP) is 1.55. The quantitative estimate of drug-likeness (QED) is 0.677. The molecule has 1 unspecified atom stereocenters. The zero-order valence-corrected chi connectivity index (χ0v) is 13.1. The molecule has 1 aromatic carbocycles. The van der Waals surface area contributed by atoms with Crippen LogP contribution in [0.2, 0.25) is 0 Å². The number of rotatable bonds is 4. The molecular formula is C19H19N2O2+. The lowest BCUT2D eigenvalue weighted by atomic mass is 9.92. The first-order valence-electron chi connectivity index (χ1n) is 7.22. The second-order valence-electron chi connectivity index (χ2n) is 4.65. The molecule has 116 valence electrons. The zero-order chi connectivity index (χ0) is 17.0. The highest BCUT2D eigenvalue weighted by molar-refractivity contribution is 5.67. The van der Waals surface area contributed by atoms with Crippen molar-refractivity contribution in [1.82, 2.24) is 0 Å². The minimum absolute atomic E-state index is 0.0870. The maximum absolute atomic E-state index is 11.4. The van der Waals surface area contributed by atoms with E-state index >= 15 is 0 Å². The highest BCUT2D eigenvalue weighted by Gasteiger charge is 2.35. The van der Waals surface area contributed by atoms with Gasteiger partial charge in [0.2, 0.25) is 5.60 Å². The number of hydrogen-bond acceptors (Lipinski definition) is 3. The molecule has 0 aliphatic carbocycles. The summed E-state index contributed by atoms with van der Waals surface area (Å²) in [5.41, 5.74) is 2.90. The third-order valence-corrected chi connectivity index (χ3v) is 2.83. The molecule has 0 saturated heterocycles. The minimum atomic E-state index is -1.40. The SMILES string of the molecule is CC(=O)OC(C#N)(CC#C/C=C/C#CCC[NH3+])c1ccccc1. The van der Waals surface area contributed by atoms with Gasteiger partial charge in [0.15, 0.2) is 0 Å². The van der Waals surface area contributed by atoms with Gasteiger partial charge in [-0.05, 0) is 12.2 Å². The molecule has 1 rings (SSSR count). The van der Waals surface area contributed by atoms with Gasteiger partial charge in [0.25, 0.3) is 0 Å². The van der Waals surface area contributed by atoms with Crippen molar-refractivity contribution in [2.75, 3.05) is 6.54 Å².